The van der Waals surface area contributed by atoms with E-state index in [-0.39, 0.29) is 23.3 Å². The van der Waals surface area contributed by atoms with Crippen molar-refractivity contribution in [3.05, 3.63) is 33.7 Å². The minimum Gasteiger partial charge on any atom is -0.364 e. The average Bonchev–Trinajstić information content (AvgIpc) is 2.22. The Labute approximate surface area is 105 Å². The molecule has 0 aliphatic heterocycles. The highest BCUT2D eigenvalue weighted by atomic mass is 32.2. The molecule has 6 nitrogen and oxygen atoms in total. The second kappa shape index (κ2) is 5.81. The van der Waals surface area contributed by atoms with Gasteiger partial charge in [-0.3, -0.25) is 9.59 Å². The Morgan fingerprint density at radius 3 is 2.67 bits per heavy atom. The summed E-state index contributed by atoms with van der Waals surface area (Å²) in [6.45, 7) is 1.94. The van der Waals surface area contributed by atoms with Crippen LogP contribution in [0.2, 0.25) is 0 Å². The lowest BCUT2D eigenvalue weighted by Crippen LogP contribution is -2.30. The molecular weight excluding hydrogens is 256 g/mol. The van der Waals surface area contributed by atoms with Gasteiger partial charge in [0.25, 0.3) is 5.91 Å². The lowest BCUT2D eigenvalue weighted by molar-refractivity contribution is 0.0952. The maximum absolute atomic E-state index is 11.6. The largest absolute Gasteiger partial charge is 0.364 e. The third kappa shape index (κ3) is 4.70. The second-order valence-electron chi connectivity index (χ2n) is 4.13. The highest BCUT2D eigenvalue weighted by Gasteiger charge is 2.10. The summed E-state index contributed by atoms with van der Waals surface area (Å²) in [6, 6.07) is 1.34. The molecular formula is C11H16N2O4S. The molecule has 7 heteroatoms. The molecule has 0 atom stereocenters. The van der Waals surface area contributed by atoms with E-state index in [2.05, 4.69) is 10.3 Å². The highest BCUT2D eigenvalue weighted by molar-refractivity contribution is 7.90. The van der Waals surface area contributed by atoms with Gasteiger partial charge >= 0.3 is 0 Å². The average molecular weight is 272 g/mol. The van der Waals surface area contributed by atoms with Gasteiger partial charge in [0.2, 0.25) is 0 Å². The van der Waals surface area contributed by atoms with Crippen LogP contribution in [-0.2, 0) is 9.84 Å². The van der Waals surface area contributed by atoms with E-state index in [0.29, 0.717) is 12.1 Å². The monoisotopic (exact) mass is 272 g/mol. The molecule has 18 heavy (non-hydrogen) atoms. The Hall–Kier alpha value is -1.63. The molecule has 0 spiro atoms. The summed E-state index contributed by atoms with van der Waals surface area (Å²) in [5, 5.41) is 2.51. The van der Waals surface area contributed by atoms with Crippen LogP contribution in [-0.4, -0.2) is 37.9 Å². The van der Waals surface area contributed by atoms with Crippen molar-refractivity contribution >= 4 is 15.7 Å². The van der Waals surface area contributed by atoms with Gasteiger partial charge in [0.05, 0.1) is 5.75 Å². The second-order valence-corrected chi connectivity index (χ2v) is 6.39. The number of aromatic nitrogens is 1. The molecule has 0 unspecified atom stereocenters. The first-order valence-electron chi connectivity index (χ1n) is 5.45. The fraction of sp³-hybridized carbons (Fsp3) is 0.455. The topological polar surface area (TPSA) is 96.1 Å². The smallest absolute Gasteiger partial charge is 0.256 e. The molecule has 0 aliphatic carbocycles. The van der Waals surface area contributed by atoms with Crippen molar-refractivity contribution in [2.24, 2.45) is 0 Å². The van der Waals surface area contributed by atoms with E-state index in [1.807, 2.05) is 0 Å². The van der Waals surface area contributed by atoms with Gasteiger partial charge in [0.1, 0.15) is 15.4 Å². The van der Waals surface area contributed by atoms with E-state index in [4.69, 9.17) is 0 Å². The Morgan fingerprint density at radius 1 is 1.44 bits per heavy atom. The van der Waals surface area contributed by atoms with Gasteiger partial charge in [0, 0.05) is 30.8 Å². The van der Waals surface area contributed by atoms with Crippen LogP contribution in [0.1, 0.15) is 22.5 Å². The number of H-pyrrole nitrogens is 1. The number of pyridine rings is 1. The molecule has 1 rings (SSSR count). The summed E-state index contributed by atoms with van der Waals surface area (Å²) in [4.78, 5) is 25.9. The van der Waals surface area contributed by atoms with E-state index in [1.54, 1.807) is 6.92 Å². The number of nitrogens with one attached hydrogen (secondary N) is 2. The first kappa shape index (κ1) is 14.4. The Balaban J connectivity index is 2.54. The van der Waals surface area contributed by atoms with Crippen LogP contribution in [0.5, 0.6) is 0 Å². The Bertz CT molecular complexity index is 589. The van der Waals surface area contributed by atoms with Crippen molar-refractivity contribution in [2.75, 3.05) is 18.6 Å². The Morgan fingerprint density at radius 2 is 2.11 bits per heavy atom. The number of sulfone groups is 1. The maximum atomic E-state index is 11.6. The maximum Gasteiger partial charge on any atom is 0.256 e. The molecule has 1 aromatic heterocycles. The summed E-state index contributed by atoms with van der Waals surface area (Å²) in [7, 11) is -3.02. The van der Waals surface area contributed by atoms with Crippen molar-refractivity contribution in [3.63, 3.8) is 0 Å². The summed E-state index contributed by atoms with van der Waals surface area (Å²) in [5.74, 6) is -0.484. The van der Waals surface area contributed by atoms with Crippen LogP contribution < -0.4 is 10.7 Å². The quantitative estimate of drug-likeness (QED) is 0.728. The number of rotatable bonds is 5. The van der Waals surface area contributed by atoms with Crippen LogP contribution in [0.3, 0.4) is 0 Å². The molecule has 2 N–H and O–H groups in total. The summed E-state index contributed by atoms with van der Waals surface area (Å²) in [6.07, 6.45) is 2.82. The normalized spacial score (nSPS) is 11.2. The minimum atomic E-state index is -3.02. The summed E-state index contributed by atoms with van der Waals surface area (Å²) < 4.78 is 21.7. The van der Waals surface area contributed by atoms with Crippen LogP contribution in [0.15, 0.2) is 17.1 Å². The standard InChI is InChI=1S/C11H16N2O4S/c1-8-6-10(14)9(7-13-8)11(15)12-4-3-5-18(2,16)17/h6-7H,3-5H2,1-2H3,(H,12,15)(H,13,14). The molecule has 1 aromatic rings. The van der Waals surface area contributed by atoms with Crippen molar-refractivity contribution in [2.45, 2.75) is 13.3 Å². The van der Waals surface area contributed by atoms with E-state index < -0.39 is 15.7 Å². The van der Waals surface area contributed by atoms with Gasteiger partial charge in [-0.15, -0.1) is 0 Å². The van der Waals surface area contributed by atoms with Crippen LogP contribution in [0, 0.1) is 6.92 Å². The minimum absolute atomic E-state index is 0.0114. The Kier molecular flexibility index (Phi) is 4.66. The lowest BCUT2D eigenvalue weighted by atomic mass is 10.2. The predicted octanol–water partition coefficient (Wildman–Crippen LogP) is -0.152. The molecule has 0 saturated heterocycles. The van der Waals surface area contributed by atoms with Gasteiger partial charge in [-0.1, -0.05) is 0 Å². The number of amides is 1. The number of hydrogen-bond acceptors (Lipinski definition) is 4. The third-order valence-electron chi connectivity index (χ3n) is 2.28. The number of aryl methyl sites for hydroxylation is 1. The zero-order valence-corrected chi connectivity index (χ0v) is 11.1. The number of hydrogen-bond donors (Lipinski definition) is 2. The molecule has 100 valence electrons. The first-order chi connectivity index (χ1) is 8.29. The molecule has 0 fully saturated rings. The third-order valence-corrected chi connectivity index (χ3v) is 3.31. The van der Waals surface area contributed by atoms with Crippen LogP contribution >= 0.6 is 0 Å². The van der Waals surface area contributed by atoms with E-state index >= 15 is 0 Å². The zero-order valence-electron chi connectivity index (χ0n) is 10.3. The fourth-order valence-electron chi connectivity index (χ4n) is 1.38. The number of aromatic amines is 1. The molecule has 1 amide bonds. The van der Waals surface area contributed by atoms with Crippen LogP contribution in [0.25, 0.3) is 0 Å². The van der Waals surface area contributed by atoms with Crippen molar-refractivity contribution < 1.29 is 13.2 Å². The van der Waals surface area contributed by atoms with Gasteiger partial charge in [0.15, 0.2) is 5.43 Å². The lowest BCUT2D eigenvalue weighted by Gasteiger charge is -2.04. The van der Waals surface area contributed by atoms with Crippen molar-refractivity contribution in [1.82, 2.24) is 10.3 Å². The summed E-state index contributed by atoms with van der Waals surface area (Å²) >= 11 is 0. The number of carbonyl (C=O) groups excluding carboxylic acids is 1. The molecule has 0 aliphatic rings. The predicted molar refractivity (Wildman–Crippen MR) is 68.5 cm³/mol. The molecule has 1 heterocycles. The fourth-order valence-corrected chi connectivity index (χ4v) is 2.05. The van der Waals surface area contributed by atoms with Gasteiger partial charge < -0.3 is 10.3 Å². The molecule has 0 bridgehead atoms. The highest BCUT2D eigenvalue weighted by Crippen LogP contribution is 1.93. The number of carbonyl (C=O) groups is 1. The molecule has 0 saturated carbocycles. The molecule has 0 aromatic carbocycles. The van der Waals surface area contributed by atoms with E-state index in [1.165, 1.54) is 12.3 Å². The van der Waals surface area contributed by atoms with Gasteiger partial charge in [-0.05, 0) is 13.3 Å². The van der Waals surface area contributed by atoms with Crippen molar-refractivity contribution in [3.8, 4) is 0 Å². The van der Waals surface area contributed by atoms with Gasteiger partial charge in [-0.25, -0.2) is 8.42 Å². The summed E-state index contributed by atoms with van der Waals surface area (Å²) in [5.41, 5.74) is 0.348. The van der Waals surface area contributed by atoms with E-state index in [0.717, 1.165) is 6.26 Å². The zero-order chi connectivity index (χ0) is 13.8. The van der Waals surface area contributed by atoms with Crippen LogP contribution in [0.4, 0.5) is 0 Å². The molecule has 0 radical (unpaired) electrons. The van der Waals surface area contributed by atoms with E-state index in [9.17, 15) is 18.0 Å². The van der Waals surface area contributed by atoms with Crippen molar-refractivity contribution in [1.29, 1.82) is 0 Å². The first-order valence-corrected chi connectivity index (χ1v) is 7.51. The van der Waals surface area contributed by atoms with Gasteiger partial charge in [-0.2, -0.15) is 0 Å². The SMILES string of the molecule is Cc1cc(=O)c(C(=O)NCCCS(C)(=O)=O)c[nH]1.